The first-order valence-corrected chi connectivity index (χ1v) is 6.38. The summed E-state index contributed by atoms with van der Waals surface area (Å²) < 4.78 is 0. The van der Waals surface area contributed by atoms with Crippen molar-refractivity contribution in [1.29, 1.82) is 0 Å². The summed E-state index contributed by atoms with van der Waals surface area (Å²) in [5.74, 6) is -0.380. The molecule has 0 aliphatic carbocycles. The van der Waals surface area contributed by atoms with Crippen LogP contribution in [0.2, 0.25) is 0 Å². The van der Waals surface area contributed by atoms with Crippen LogP contribution in [0, 0.1) is 0 Å². The molecule has 0 bridgehead atoms. The van der Waals surface area contributed by atoms with Crippen molar-refractivity contribution in [3.05, 3.63) is 30.1 Å². The highest BCUT2D eigenvalue weighted by molar-refractivity contribution is 5.94. The monoisotopic (exact) mass is 334 g/mol. The fourth-order valence-corrected chi connectivity index (χ4v) is 2.06. The van der Waals surface area contributed by atoms with Gasteiger partial charge in [-0.25, -0.2) is 0 Å². The fourth-order valence-electron chi connectivity index (χ4n) is 2.06. The molecule has 6 nitrogen and oxygen atoms in total. The van der Waals surface area contributed by atoms with Crippen molar-refractivity contribution in [3.63, 3.8) is 0 Å². The maximum atomic E-state index is 12.0. The summed E-state index contributed by atoms with van der Waals surface area (Å²) in [7, 11) is 0. The van der Waals surface area contributed by atoms with E-state index in [1.807, 2.05) is 6.92 Å². The molecule has 0 radical (unpaired) electrons. The fraction of sp³-hybridized carbons (Fsp3) is 0.462. The van der Waals surface area contributed by atoms with Gasteiger partial charge in [-0.05, 0) is 19.1 Å². The molecule has 2 rings (SSSR count). The van der Waals surface area contributed by atoms with Gasteiger partial charge in [-0.15, -0.1) is 24.8 Å². The van der Waals surface area contributed by atoms with Crippen LogP contribution in [0.5, 0.6) is 0 Å². The molecule has 21 heavy (non-hydrogen) atoms. The molecule has 1 aromatic heterocycles. The Balaban J connectivity index is 0.00000200. The lowest BCUT2D eigenvalue weighted by molar-refractivity contribution is -0.132. The Morgan fingerprint density at radius 1 is 1.43 bits per heavy atom. The maximum Gasteiger partial charge on any atom is 0.270 e. The van der Waals surface area contributed by atoms with Crippen LogP contribution in [0.15, 0.2) is 24.4 Å². The van der Waals surface area contributed by atoms with E-state index in [0.29, 0.717) is 12.2 Å². The molecule has 0 aromatic carbocycles. The number of nitrogens with one attached hydrogen (secondary N) is 2. The largest absolute Gasteiger partial charge is 0.342 e. The van der Waals surface area contributed by atoms with E-state index >= 15 is 0 Å². The quantitative estimate of drug-likeness (QED) is 0.842. The van der Waals surface area contributed by atoms with Crippen LogP contribution in [-0.2, 0) is 4.79 Å². The molecule has 2 amide bonds. The Kier molecular flexibility index (Phi) is 8.92. The molecule has 2 heterocycles. The van der Waals surface area contributed by atoms with E-state index < -0.39 is 0 Å². The molecular formula is C13H20Cl2N4O2. The van der Waals surface area contributed by atoms with Crippen molar-refractivity contribution in [3.8, 4) is 0 Å². The molecule has 0 spiro atoms. The molecule has 1 aliphatic rings. The molecule has 1 unspecified atom stereocenters. The lowest BCUT2D eigenvalue weighted by atomic mass is 10.2. The van der Waals surface area contributed by atoms with Crippen LogP contribution < -0.4 is 10.6 Å². The molecule has 0 saturated carbocycles. The average molecular weight is 335 g/mol. The number of aromatic nitrogens is 1. The van der Waals surface area contributed by atoms with E-state index in [2.05, 4.69) is 15.6 Å². The SMILES string of the molecule is CC1CNCCN1C(=O)CNC(=O)c1ccccn1.Cl.Cl. The summed E-state index contributed by atoms with van der Waals surface area (Å²) in [6.45, 7) is 4.27. The van der Waals surface area contributed by atoms with Crippen molar-refractivity contribution in [2.24, 2.45) is 0 Å². The Morgan fingerprint density at radius 3 is 2.81 bits per heavy atom. The Bertz CT molecular complexity index is 459. The summed E-state index contributed by atoms with van der Waals surface area (Å²) >= 11 is 0. The Hall–Kier alpha value is -1.37. The Morgan fingerprint density at radius 2 is 2.19 bits per heavy atom. The minimum Gasteiger partial charge on any atom is -0.342 e. The third kappa shape index (κ3) is 5.49. The van der Waals surface area contributed by atoms with Gasteiger partial charge < -0.3 is 15.5 Å². The van der Waals surface area contributed by atoms with Crippen molar-refractivity contribution < 1.29 is 9.59 Å². The number of hydrogen-bond donors (Lipinski definition) is 2. The number of halogens is 2. The van der Waals surface area contributed by atoms with E-state index in [1.54, 1.807) is 29.3 Å². The molecule has 1 aliphatic heterocycles. The number of hydrogen-bond acceptors (Lipinski definition) is 4. The second-order valence-corrected chi connectivity index (χ2v) is 4.54. The number of carbonyl (C=O) groups excluding carboxylic acids is 2. The first-order valence-electron chi connectivity index (χ1n) is 6.38. The van der Waals surface area contributed by atoms with Crippen LogP contribution >= 0.6 is 24.8 Å². The average Bonchev–Trinajstić information content (AvgIpc) is 2.46. The van der Waals surface area contributed by atoms with E-state index in [0.717, 1.165) is 13.1 Å². The topological polar surface area (TPSA) is 74.3 Å². The summed E-state index contributed by atoms with van der Waals surface area (Å²) in [6.07, 6.45) is 1.55. The zero-order valence-electron chi connectivity index (χ0n) is 11.7. The van der Waals surface area contributed by atoms with Gasteiger partial charge in [-0.3, -0.25) is 14.6 Å². The van der Waals surface area contributed by atoms with E-state index in [4.69, 9.17) is 0 Å². The van der Waals surface area contributed by atoms with E-state index in [1.165, 1.54) is 0 Å². The van der Waals surface area contributed by atoms with Gasteiger partial charge in [-0.1, -0.05) is 6.07 Å². The molecular weight excluding hydrogens is 315 g/mol. The first-order chi connectivity index (χ1) is 9.18. The minimum atomic E-state index is -0.322. The van der Waals surface area contributed by atoms with Gasteiger partial charge in [0.1, 0.15) is 5.69 Å². The molecule has 1 fully saturated rings. The standard InChI is InChI=1S/C13H18N4O2.2ClH/c1-10-8-14-6-7-17(10)12(18)9-16-13(19)11-4-2-3-5-15-11;;/h2-5,10,14H,6-9H2,1H3,(H,16,19);2*1H. The van der Waals surface area contributed by atoms with Crippen LogP contribution in [0.3, 0.4) is 0 Å². The highest BCUT2D eigenvalue weighted by Crippen LogP contribution is 2.02. The third-order valence-corrected chi connectivity index (χ3v) is 3.12. The predicted molar refractivity (Wildman–Crippen MR) is 85.1 cm³/mol. The van der Waals surface area contributed by atoms with Gasteiger partial charge in [0.15, 0.2) is 0 Å². The second-order valence-electron chi connectivity index (χ2n) is 4.54. The van der Waals surface area contributed by atoms with Gasteiger partial charge >= 0.3 is 0 Å². The molecule has 118 valence electrons. The second kappa shape index (κ2) is 9.55. The van der Waals surface area contributed by atoms with Gasteiger partial charge in [0.25, 0.3) is 5.91 Å². The van der Waals surface area contributed by atoms with E-state index in [-0.39, 0.29) is 49.2 Å². The summed E-state index contributed by atoms with van der Waals surface area (Å²) in [5, 5.41) is 5.82. The number of carbonyl (C=O) groups is 2. The minimum absolute atomic E-state index is 0. The van der Waals surface area contributed by atoms with Crippen molar-refractivity contribution >= 4 is 36.6 Å². The zero-order valence-corrected chi connectivity index (χ0v) is 13.4. The highest BCUT2D eigenvalue weighted by atomic mass is 35.5. The number of nitrogens with zero attached hydrogens (tertiary/aromatic N) is 2. The van der Waals surface area contributed by atoms with Crippen molar-refractivity contribution in [2.45, 2.75) is 13.0 Å². The lowest BCUT2D eigenvalue weighted by Gasteiger charge is -2.34. The smallest absolute Gasteiger partial charge is 0.270 e. The summed E-state index contributed by atoms with van der Waals surface area (Å²) in [4.78, 5) is 29.5. The van der Waals surface area contributed by atoms with Crippen molar-refractivity contribution in [1.82, 2.24) is 20.5 Å². The van der Waals surface area contributed by atoms with Gasteiger partial charge in [0, 0.05) is 31.9 Å². The number of amides is 2. The van der Waals surface area contributed by atoms with Crippen molar-refractivity contribution in [2.75, 3.05) is 26.2 Å². The highest BCUT2D eigenvalue weighted by Gasteiger charge is 2.23. The first kappa shape index (κ1) is 19.6. The molecule has 1 aromatic rings. The lowest BCUT2D eigenvalue weighted by Crippen LogP contribution is -2.54. The third-order valence-electron chi connectivity index (χ3n) is 3.12. The number of rotatable bonds is 3. The number of piperazine rings is 1. The predicted octanol–water partition coefficient (Wildman–Crippen LogP) is 0.475. The van der Waals surface area contributed by atoms with Crippen LogP contribution in [0.25, 0.3) is 0 Å². The van der Waals surface area contributed by atoms with Crippen LogP contribution in [0.4, 0.5) is 0 Å². The molecule has 8 heteroatoms. The van der Waals surface area contributed by atoms with Gasteiger partial charge in [0.2, 0.25) is 5.91 Å². The maximum absolute atomic E-state index is 12.0. The van der Waals surface area contributed by atoms with Crippen LogP contribution in [0.1, 0.15) is 17.4 Å². The van der Waals surface area contributed by atoms with E-state index in [9.17, 15) is 9.59 Å². The summed E-state index contributed by atoms with van der Waals surface area (Å²) in [6, 6.07) is 5.26. The number of pyridine rings is 1. The van der Waals surface area contributed by atoms with Crippen LogP contribution in [-0.4, -0.2) is 53.9 Å². The zero-order chi connectivity index (χ0) is 13.7. The van der Waals surface area contributed by atoms with Gasteiger partial charge in [-0.2, -0.15) is 0 Å². The normalized spacial score (nSPS) is 17.2. The molecule has 2 N–H and O–H groups in total. The van der Waals surface area contributed by atoms with Gasteiger partial charge in [0.05, 0.1) is 6.54 Å². The molecule has 1 atom stereocenters. The molecule has 1 saturated heterocycles. The summed E-state index contributed by atoms with van der Waals surface area (Å²) in [5.41, 5.74) is 0.323. The Labute approximate surface area is 136 Å².